The fourth-order valence-corrected chi connectivity index (χ4v) is 9.00. The second-order valence-electron chi connectivity index (χ2n) is 11.7. The Bertz CT molecular complexity index is 1360. The summed E-state index contributed by atoms with van der Waals surface area (Å²) < 4.78 is 33.7. The lowest BCUT2D eigenvalue weighted by Crippen LogP contribution is -2.70. The lowest BCUT2D eigenvalue weighted by Gasteiger charge is -2.63. The van der Waals surface area contributed by atoms with E-state index in [1.54, 1.807) is 13.8 Å². The number of aliphatic hydroxyl groups excluding tert-OH is 1. The van der Waals surface area contributed by atoms with Crippen LogP contribution in [0.25, 0.3) is 10.2 Å². The molecule has 6 nitrogen and oxygen atoms in total. The summed E-state index contributed by atoms with van der Waals surface area (Å²) in [6.45, 7) is 5.00. The molecule has 0 radical (unpaired) electrons. The average molecular weight is 529 g/mol. The summed E-state index contributed by atoms with van der Waals surface area (Å²) in [5, 5.41) is 26.6. The van der Waals surface area contributed by atoms with E-state index in [0.29, 0.717) is 11.6 Å². The molecule has 6 rings (SSSR count). The van der Waals surface area contributed by atoms with Gasteiger partial charge in [0, 0.05) is 16.7 Å². The molecule has 4 aliphatic rings. The van der Waals surface area contributed by atoms with E-state index in [0.717, 1.165) is 16.3 Å². The molecular formula is C28H30F2N2O4S. The largest absolute Gasteiger partial charge is 0.390 e. The highest BCUT2D eigenvalue weighted by molar-refractivity contribution is 7.22. The quantitative estimate of drug-likeness (QED) is 0.532. The normalized spacial score (nSPS) is 44.7. The van der Waals surface area contributed by atoms with Crippen molar-refractivity contribution in [3.8, 4) is 0 Å². The van der Waals surface area contributed by atoms with Crippen LogP contribution >= 0.6 is 11.3 Å². The first-order chi connectivity index (χ1) is 17.4. The zero-order chi connectivity index (χ0) is 26.5. The number of allylic oxidation sites excluding steroid dienone is 4. The molecule has 1 heterocycles. The summed E-state index contributed by atoms with van der Waals surface area (Å²) in [5.41, 5.74) is -6.12. The Balaban J connectivity index is 1.39. The van der Waals surface area contributed by atoms with Crippen molar-refractivity contribution >= 4 is 38.4 Å². The molecule has 0 spiro atoms. The molecule has 0 bridgehead atoms. The SMILES string of the molecule is C[C@@H]1C[C@H]2[C@@H]3C[C@H](F)C4=CC(=O)C=C[C@]4(C)[C@@]3(F)[C@@H](O)C[C@]2(C)[C@@]1(O)C(=O)Nc1nc2ccccc2s1. The number of anilines is 1. The number of amides is 1. The van der Waals surface area contributed by atoms with Crippen LogP contribution in [-0.4, -0.2) is 50.4 Å². The molecule has 9 atom stereocenters. The number of benzene rings is 1. The van der Waals surface area contributed by atoms with Crippen LogP contribution in [0.4, 0.5) is 13.9 Å². The molecule has 37 heavy (non-hydrogen) atoms. The van der Waals surface area contributed by atoms with E-state index in [2.05, 4.69) is 10.3 Å². The molecule has 1 amide bonds. The molecule has 3 saturated carbocycles. The molecule has 0 aliphatic heterocycles. The molecule has 4 aliphatic carbocycles. The van der Waals surface area contributed by atoms with Gasteiger partial charge in [-0.25, -0.2) is 13.8 Å². The highest BCUT2D eigenvalue weighted by atomic mass is 32.1. The van der Waals surface area contributed by atoms with Crippen LogP contribution in [0.15, 0.2) is 48.1 Å². The van der Waals surface area contributed by atoms with E-state index in [1.165, 1.54) is 30.4 Å². The highest BCUT2D eigenvalue weighted by Gasteiger charge is 2.76. The zero-order valence-corrected chi connectivity index (χ0v) is 21.7. The van der Waals surface area contributed by atoms with Gasteiger partial charge in [0.25, 0.3) is 5.91 Å². The lowest BCUT2D eigenvalue weighted by molar-refractivity contribution is -0.222. The summed E-state index contributed by atoms with van der Waals surface area (Å²) in [6, 6.07) is 7.44. The van der Waals surface area contributed by atoms with Crippen molar-refractivity contribution in [2.45, 2.75) is 63.6 Å². The van der Waals surface area contributed by atoms with Crippen LogP contribution in [0.1, 0.15) is 40.0 Å². The second-order valence-corrected chi connectivity index (χ2v) is 12.7. The number of ketones is 1. The number of hydrogen-bond acceptors (Lipinski definition) is 6. The Morgan fingerprint density at radius 1 is 1.22 bits per heavy atom. The van der Waals surface area contributed by atoms with E-state index in [1.807, 2.05) is 24.3 Å². The number of fused-ring (bicyclic) bond motifs is 6. The Morgan fingerprint density at radius 2 is 1.95 bits per heavy atom. The number of aromatic nitrogens is 1. The number of alkyl halides is 2. The van der Waals surface area contributed by atoms with Gasteiger partial charge >= 0.3 is 0 Å². The lowest BCUT2D eigenvalue weighted by atomic mass is 9.44. The third-order valence-electron chi connectivity index (χ3n) is 10.1. The van der Waals surface area contributed by atoms with Crippen molar-refractivity contribution in [3.63, 3.8) is 0 Å². The van der Waals surface area contributed by atoms with Crippen LogP contribution < -0.4 is 5.32 Å². The van der Waals surface area contributed by atoms with E-state index in [-0.39, 0.29) is 18.4 Å². The van der Waals surface area contributed by atoms with Crippen molar-refractivity contribution in [1.82, 2.24) is 4.98 Å². The number of carbonyl (C=O) groups excluding carboxylic acids is 2. The summed E-state index contributed by atoms with van der Waals surface area (Å²) in [5.74, 6) is -3.14. The maximum atomic E-state index is 17.3. The second kappa shape index (κ2) is 7.77. The Morgan fingerprint density at radius 3 is 2.68 bits per heavy atom. The highest BCUT2D eigenvalue weighted by Crippen LogP contribution is 2.71. The Kier molecular flexibility index (Phi) is 5.21. The van der Waals surface area contributed by atoms with Crippen LogP contribution in [0.5, 0.6) is 0 Å². The number of rotatable bonds is 2. The molecule has 1 aromatic carbocycles. The van der Waals surface area contributed by atoms with Crippen molar-refractivity contribution in [1.29, 1.82) is 0 Å². The third kappa shape index (κ3) is 2.99. The summed E-state index contributed by atoms with van der Waals surface area (Å²) >= 11 is 1.29. The van der Waals surface area contributed by atoms with E-state index in [9.17, 15) is 19.8 Å². The predicted molar refractivity (Wildman–Crippen MR) is 136 cm³/mol. The maximum Gasteiger partial charge on any atom is 0.258 e. The van der Waals surface area contributed by atoms with Gasteiger partial charge in [-0.15, -0.1) is 0 Å². The van der Waals surface area contributed by atoms with Crippen LogP contribution in [0, 0.1) is 28.6 Å². The van der Waals surface area contributed by atoms with Gasteiger partial charge in [0.1, 0.15) is 6.17 Å². The molecule has 2 aromatic rings. The number of para-hydroxylation sites is 1. The number of nitrogens with one attached hydrogen (secondary N) is 1. The summed E-state index contributed by atoms with van der Waals surface area (Å²) in [6.07, 6.45) is 0.529. The van der Waals surface area contributed by atoms with Gasteiger partial charge in [-0.1, -0.05) is 43.4 Å². The molecule has 3 N–H and O–H groups in total. The van der Waals surface area contributed by atoms with Gasteiger partial charge in [-0.2, -0.15) is 0 Å². The molecular weight excluding hydrogens is 498 g/mol. The molecule has 0 saturated heterocycles. The monoisotopic (exact) mass is 528 g/mol. The van der Waals surface area contributed by atoms with Gasteiger partial charge in [0.2, 0.25) is 0 Å². The van der Waals surface area contributed by atoms with Gasteiger partial charge < -0.3 is 10.2 Å². The van der Waals surface area contributed by atoms with Gasteiger partial charge in [0.05, 0.1) is 16.3 Å². The van der Waals surface area contributed by atoms with E-state index >= 15 is 8.78 Å². The van der Waals surface area contributed by atoms with Gasteiger partial charge in [0.15, 0.2) is 22.2 Å². The first-order valence-electron chi connectivity index (χ1n) is 12.7. The number of aliphatic hydroxyl groups is 2. The van der Waals surface area contributed by atoms with Crippen molar-refractivity contribution in [3.05, 3.63) is 48.1 Å². The zero-order valence-electron chi connectivity index (χ0n) is 20.9. The van der Waals surface area contributed by atoms with Gasteiger partial charge in [-0.05, 0) is 67.9 Å². The first-order valence-corrected chi connectivity index (χ1v) is 13.5. The van der Waals surface area contributed by atoms with Crippen LogP contribution in [-0.2, 0) is 9.59 Å². The van der Waals surface area contributed by atoms with Crippen molar-refractivity contribution < 1.29 is 28.6 Å². The minimum Gasteiger partial charge on any atom is -0.390 e. The van der Waals surface area contributed by atoms with E-state index < -0.39 is 63.8 Å². The molecule has 1 aromatic heterocycles. The fourth-order valence-electron chi connectivity index (χ4n) is 8.14. The maximum absolute atomic E-state index is 17.3. The van der Waals surface area contributed by atoms with Crippen LogP contribution in [0.3, 0.4) is 0 Å². The fraction of sp³-hybridized carbons (Fsp3) is 0.536. The average Bonchev–Trinajstić information content (AvgIpc) is 3.34. The smallest absolute Gasteiger partial charge is 0.258 e. The first kappa shape index (κ1) is 24.8. The molecule has 3 fully saturated rings. The Hall–Kier alpha value is -2.49. The van der Waals surface area contributed by atoms with E-state index in [4.69, 9.17) is 0 Å². The minimum atomic E-state index is -2.25. The van der Waals surface area contributed by atoms with Crippen LogP contribution in [0.2, 0.25) is 0 Å². The standard InChI is InChI=1S/C28H30F2N2O4S/c1-14-10-16-17-12-19(29)18-11-15(33)8-9-25(18,2)27(17,30)22(34)13-26(16,3)28(14,36)23(35)32-24-31-20-6-4-5-7-21(20)37-24/h4-9,11,14,16-17,19,22,34,36H,10,12-13H2,1-3H3,(H,31,32,35)/t14-,16+,17+,19+,22+,25+,26+,27+,28+/m1/s1. The number of thiazole rings is 1. The topological polar surface area (TPSA) is 99.5 Å². The summed E-state index contributed by atoms with van der Waals surface area (Å²) in [7, 11) is 0. The van der Waals surface area contributed by atoms with Crippen molar-refractivity contribution in [2.24, 2.45) is 28.6 Å². The predicted octanol–water partition coefficient (Wildman–Crippen LogP) is 4.53. The number of halogens is 2. The number of nitrogens with zero attached hydrogens (tertiary/aromatic N) is 1. The number of carbonyl (C=O) groups is 2. The Labute approximate surface area is 217 Å². The van der Waals surface area contributed by atoms with Gasteiger partial charge in [-0.3, -0.25) is 14.9 Å². The minimum absolute atomic E-state index is 0.0521. The van der Waals surface area contributed by atoms with Crippen molar-refractivity contribution in [2.75, 3.05) is 5.32 Å². The number of hydrogen-bond donors (Lipinski definition) is 3. The third-order valence-corrected chi connectivity index (χ3v) is 11.0. The molecule has 0 unspecified atom stereocenters. The summed E-state index contributed by atoms with van der Waals surface area (Å²) in [4.78, 5) is 30.2. The molecule has 9 heteroatoms. The molecule has 196 valence electrons.